The Kier molecular flexibility index (Phi) is 7.29. The molecule has 35 heavy (non-hydrogen) atoms. The van der Waals surface area contributed by atoms with E-state index in [1.54, 1.807) is 29.2 Å². The Morgan fingerprint density at radius 3 is 2.51 bits per heavy atom. The molecule has 2 atom stereocenters. The average Bonchev–Trinajstić information content (AvgIpc) is 3.31. The molecule has 2 aromatic carbocycles. The van der Waals surface area contributed by atoms with E-state index in [0.717, 1.165) is 22.3 Å². The minimum absolute atomic E-state index is 0.0116. The van der Waals surface area contributed by atoms with Crippen molar-refractivity contribution in [3.05, 3.63) is 102 Å². The minimum Gasteiger partial charge on any atom is -0.309 e. The van der Waals surface area contributed by atoms with E-state index in [9.17, 15) is 9.18 Å². The number of pyridine rings is 1. The number of aromatic nitrogens is 3. The molecule has 7 nitrogen and oxygen atoms in total. The fourth-order valence-electron chi connectivity index (χ4n) is 3.76. The molecule has 0 radical (unpaired) electrons. The summed E-state index contributed by atoms with van der Waals surface area (Å²) in [5.74, 6) is -0.452. The van der Waals surface area contributed by atoms with Crippen molar-refractivity contribution < 1.29 is 9.18 Å². The first kappa shape index (κ1) is 23.8. The first-order chi connectivity index (χ1) is 16.9. The first-order valence-electron chi connectivity index (χ1n) is 11.2. The van der Waals surface area contributed by atoms with Gasteiger partial charge in [0.05, 0.1) is 11.8 Å². The summed E-state index contributed by atoms with van der Waals surface area (Å²) < 4.78 is 15.8. The van der Waals surface area contributed by atoms with Crippen molar-refractivity contribution >= 4 is 11.7 Å². The molecule has 0 aliphatic carbocycles. The van der Waals surface area contributed by atoms with Gasteiger partial charge in [0.25, 0.3) is 0 Å². The molecule has 2 aromatic heterocycles. The maximum absolute atomic E-state index is 14.1. The normalized spacial score (nSPS) is 12.5. The summed E-state index contributed by atoms with van der Waals surface area (Å²) in [6.45, 7) is 2.36. The number of hydrogen-bond donors (Lipinski definition) is 2. The highest BCUT2D eigenvalue weighted by atomic mass is 19.1. The van der Waals surface area contributed by atoms with Gasteiger partial charge in [0.1, 0.15) is 23.7 Å². The molecular weight excluding hydrogens is 443 g/mol. The molecule has 1 amide bonds. The molecule has 4 aromatic rings. The topological polar surface area (TPSA) is 95.6 Å². The van der Waals surface area contributed by atoms with Crippen molar-refractivity contribution in [1.29, 1.82) is 5.26 Å². The van der Waals surface area contributed by atoms with Crippen LogP contribution in [-0.4, -0.2) is 27.2 Å². The van der Waals surface area contributed by atoms with Gasteiger partial charge in [-0.2, -0.15) is 10.4 Å². The Morgan fingerprint density at radius 2 is 1.89 bits per heavy atom. The van der Waals surface area contributed by atoms with Crippen molar-refractivity contribution in [1.82, 2.24) is 20.1 Å². The predicted octanol–water partition coefficient (Wildman–Crippen LogP) is 4.57. The Labute approximate surface area is 203 Å². The fourth-order valence-corrected chi connectivity index (χ4v) is 3.76. The molecule has 0 spiro atoms. The monoisotopic (exact) mass is 468 g/mol. The van der Waals surface area contributed by atoms with Crippen LogP contribution in [0.4, 0.5) is 10.2 Å². The lowest BCUT2D eigenvalue weighted by Gasteiger charge is -2.21. The largest absolute Gasteiger partial charge is 0.309 e. The lowest BCUT2D eigenvalue weighted by molar-refractivity contribution is -0.118. The SMILES string of the molecule is CC(CN[C@H](C(=O)Nc1ccc(-c2cnn(C)c2)cn1)c1ccccc1)c1ccc(C#N)c(F)c1. The fraction of sp³-hybridized carbons (Fsp3) is 0.185. The van der Waals surface area contributed by atoms with Crippen molar-refractivity contribution in [2.75, 3.05) is 11.9 Å². The highest BCUT2D eigenvalue weighted by Gasteiger charge is 2.22. The summed E-state index contributed by atoms with van der Waals surface area (Å²) in [6, 6.07) is 18.8. The lowest BCUT2D eigenvalue weighted by Crippen LogP contribution is -2.35. The van der Waals surface area contributed by atoms with E-state index in [4.69, 9.17) is 5.26 Å². The van der Waals surface area contributed by atoms with Gasteiger partial charge in [0, 0.05) is 37.1 Å². The van der Waals surface area contributed by atoms with Crippen LogP contribution in [-0.2, 0) is 11.8 Å². The number of carbonyl (C=O) groups excluding carboxylic acids is 1. The molecule has 2 N–H and O–H groups in total. The zero-order valence-corrected chi connectivity index (χ0v) is 19.4. The number of amides is 1. The van der Waals surface area contributed by atoms with Crippen LogP contribution < -0.4 is 10.6 Å². The molecule has 0 saturated carbocycles. The smallest absolute Gasteiger partial charge is 0.247 e. The summed E-state index contributed by atoms with van der Waals surface area (Å²) >= 11 is 0. The second-order valence-corrected chi connectivity index (χ2v) is 8.33. The number of halogens is 1. The molecule has 0 bridgehead atoms. The van der Waals surface area contributed by atoms with E-state index in [0.29, 0.717) is 12.4 Å². The van der Waals surface area contributed by atoms with Crippen molar-refractivity contribution in [2.24, 2.45) is 7.05 Å². The average molecular weight is 469 g/mol. The number of hydrogen-bond acceptors (Lipinski definition) is 5. The number of nitriles is 1. The standard InChI is InChI=1S/C27H25FN6O/c1-18(20-8-9-21(13-29)24(28)12-20)14-31-26(19-6-4-3-5-7-19)27(35)33-25-11-10-22(15-30-25)23-16-32-34(2)17-23/h3-12,15-18,26,31H,14H2,1-2H3,(H,30,33,35)/t18?,26-/m0/s1. The van der Waals surface area contributed by atoms with Crippen LogP contribution in [0.3, 0.4) is 0 Å². The number of rotatable bonds is 8. The first-order valence-corrected chi connectivity index (χ1v) is 11.2. The molecule has 4 rings (SSSR count). The second-order valence-electron chi connectivity index (χ2n) is 8.33. The van der Waals surface area contributed by atoms with Crippen molar-refractivity contribution in [3.63, 3.8) is 0 Å². The van der Waals surface area contributed by atoms with Gasteiger partial charge >= 0.3 is 0 Å². The number of nitrogens with zero attached hydrogens (tertiary/aromatic N) is 4. The van der Waals surface area contributed by atoms with Crippen LogP contribution in [0, 0.1) is 17.1 Å². The summed E-state index contributed by atoms with van der Waals surface area (Å²) in [5, 5.41) is 19.3. The second kappa shape index (κ2) is 10.7. The summed E-state index contributed by atoms with van der Waals surface area (Å²) in [5.41, 5.74) is 3.40. The van der Waals surface area contributed by atoms with E-state index in [-0.39, 0.29) is 17.4 Å². The molecule has 0 fully saturated rings. The molecule has 0 aliphatic heterocycles. The third kappa shape index (κ3) is 5.78. The molecule has 0 aliphatic rings. The van der Waals surface area contributed by atoms with E-state index in [2.05, 4.69) is 20.7 Å². The maximum Gasteiger partial charge on any atom is 0.247 e. The lowest BCUT2D eigenvalue weighted by atomic mass is 9.98. The number of nitrogens with one attached hydrogen (secondary N) is 2. The molecule has 176 valence electrons. The van der Waals surface area contributed by atoms with Gasteiger partial charge in [0.15, 0.2) is 0 Å². The number of benzene rings is 2. The predicted molar refractivity (Wildman–Crippen MR) is 132 cm³/mol. The molecule has 8 heteroatoms. The summed E-state index contributed by atoms with van der Waals surface area (Å²) in [6.07, 6.45) is 5.34. The van der Waals surface area contributed by atoms with Crippen LogP contribution in [0.1, 0.15) is 35.6 Å². The third-order valence-electron chi connectivity index (χ3n) is 5.76. The van der Waals surface area contributed by atoms with E-state index < -0.39 is 11.9 Å². The summed E-state index contributed by atoms with van der Waals surface area (Å²) in [4.78, 5) is 17.6. The molecular formula is C27H25FN6O. The van der Waals surface area contributed by atoms with Crippen LogP contribution in [0.5, 0.6) is 0 Å². The van der Waals surface area contributed by atoms with Crippen molar-refractivity contribution in [3.8, 4) is 17.2 Å². The van der Waals surface area contributed by atoms with Crippen LogP contribution in [0.15, 0.2) is 79.3 Å². The third-order valence-corrected chi connectivity index (χ3v) is 5.76. The number of carbonyl (C=O) groups is 1. The van der Waals surface area contributed by atoms with Gasteiger partial charge in [-0.25, -0.2) is 9.37 Å². The van der Waals surface area contributed by atoms with E-state index in [1.807, 2.05) is 62.6 Å². The Bertz CT molecular complexity index is 1340. The van der Waals surface area contributed by atoms with Crippen LogP contribution >= 0.6 is 0 Å². The van der Waals surface area contributed by atoms with Gasteiger partial charge in [-0.3, -0.25) is 9.48 Å². The van der Waals surface area contributed by atoms with Gasteiger partial charge in [0.2, 0.25) is 5.91 Å². The molecule has 0 saturated heterocycles. The molecule has 1 unspecified atom stereocenters. The Morgan fingerprint density at radius 1 is 1.09 bits per heavy atom. The number of aryl methyl sites for hydroxylation is 1. The van der Waals surface area contributed by atoms with E-state index in [1.165, 1.54) is 12.1 Å². The quantitative estimate of drug-likeness (QED) is 0.395. The van der Waals surface area contributed by atoms with Gasteiger partial charge in [-0.05, 0) is 41.3 Å². The Balaban J connectivity index is 1.47. The zero-order valence-electron chi connectivity index (χ0n) is 19.4. The van der Waals surface area contributed by atoms with Gasteiger partial charge in [-0.1, -0.05) is 43.3 Å². The maximum atomic E-state index is 14.1. The Hall–Kier alpha value is -4.35. The van der Waals surface area contributed by atoms with Crippen LogP contribution in [0.2, 0.25) is 0 Å². The highest BCUT2D eigenvalue weighted by Crippen LogP contribution is 2.22. The number of anilines is 1. The van der Waals surface area contributed by atoms with Gasteiger partial charge < -0.3 is 10.6 Å². The zero-order chi connectivity index (χ0) is 24.8. The van der Waals surface area contributed by atoms with Gasteiger partial charge in [-0.15, -0.1) is 0 Å². The summed E-state index contributed by atoms with van der Waals surface area (Å²) in [7, 11) is 1.85. The molecule has 2 heterocycles. The van der Waals surface area contributed by atoms with Crippen molar-refractivity contribution in [2.45, 2.75) is 18.9 Å². The van der Waals surface area contributed by atoms with Crippen LogP contribution in [0.25, 0.3) is 11.1 Å². The highest BCUT2D eigenvalue weighted by molar-refractivity contribution is 5.95. The minimum atomic E-state index is -0.637. The van der Waals surface area contributed by atoms with E-state index >= 15 is 0 Å².